The van der Waals surface area contributed by atoms with Gasteiger partial charge in [-0.1, -0.05) is 26.7 Å². The first-order chi connectivity index (χ1) is 17.8. The third-order valence-corrected chi connectivity index (χ3v) is 5.97. The van der Waals surface area contributed by atoms with Crippen molar-refractivity contribution in [3.63, 3.8) is 0 Å². The van der Waals surface area contributed by atoms with E-state index in [1.54, 1.807) is 13.8 Å². The fraction of sp³-hybridized carbons (Fsp3) is 0.739. The first-order valence-electron chi connectivity index (χ1n) is 12.8. The van der Waals surface area contributed by atoms with Crippen molar-refractivity contribution in [1.29, 1.82) is 0 Å². The fourth-order valence-corrected chi connectivity index (χ4v) is 3.45. The number of nitrogens with zero attached hydrogens (tertiary/aromatic N) is 1. The van der Waals surface area contributed by atoms with Gasteiger partial charge in [-0.3, -0.25) is 24.2 Å². The van der Waals surface area contributed by atoms with Gasteiger partial charge in [0.2, 0.25) is 23.6 Å². The van der Waals surface area contributed by atoms with E-state index in [-0.39, 0.29) is 37.7 Å². The van der Waals surface area contributed by atoms with E-state index in [1.807, 2.05) is 0 Å². The predicted molar refractivity (Wildman–Crippen MR) is 142 cm³/mol. The first-order valence-corrected chi connectivity index (χ1v) is 12.8. The van der Waals surface area contributed by atoms with Crippen LogP contribution in [0.2, 0.25) is 0 Å². The molecule has 0 heterocycles. The van der Waals surface area contributed by atoms with Gasteiger partial charge in [0.25, 0.3) is 0 Å². The number of rotatable bonds is 20. The second kappa shape index (κ2) is 18.7. The number of nitrogens with one attached hydrogen (secondary N) is 3. The lowest BCUT2D eigenvalue weighted by Crippen LogP contribution is -2.58. The van der Waals surface area contributed by atoms with Crippen molar-refractivity contribution in [3.8, 4) is 0 Å². The van der Waals surface area contributed by atoms with Crippen LogP contribution in [0, 0.1) is 5.92 Å². The van der Waals surface area contributed by atoms with Gasteiger partial charge in [-0.15, -0.1) is 0 Å². The van der Waals surface area contributed by atoms with Crippen LogP contribution in [-0.2, 0) is 24.0 Å². The summed E-state index contributed by atoms with van der Waals surface area (Å²) >= 11 is 0. The Labute approximate surface area is 223 Å². The van der Waals surface area contributed by atoms with E-state index in [0.717, 1.165) is 0 Å². The number of aliphatic imine (C=N–C) groups is 1. The third-order valence-electron chi connectivity index (χ3n) is 5.97. The lowest BCUT2D eigenvalue weighted by molar-refractivity contribution is -0.143. The van der Waals surface area contributed by atoms with E-state index in [9.17, 15) is 29.1 Å². The molecule has 0 aliphatic heterocycles. The second-order valence-electron chi connectivity index (χ2n) is 9.18. The number of hydrogen-bond donors (Lipinski definition) is 9. The summed E-state index contributed by atoms with van der Waals surface area (Å²) in [5.74, 6) is -4.48. The van der Waals surface area contributed by atoms with Crippen LogP contribution in [0.25, 0.3) is 0 Å². The number of aliphatic carboxylic acids is 1. The zero-order valence-electron chi connectivity index (χ0n) is 22.3. The Morgan fingerprint density at radius 2 is 1.47 bits per heavy atom. The molecule has 0 radical (unpaired) electrons. The molecule has 218 valence electrons. The van der Waals surface area contributed by atoms with Gasteiger partial charge in [0.05, 0.1) is 6.04 Å². The van der Waals surface area contributed by atoms with Crippen LogP contribution in [0.15, 0.2) is 4.99 Å². The summed E-state index contributed by atoms with van der Waals surface area (Å²) < 4.78 is 0. The smallest absolute Gasteiger partial charge is 0.326 e. The Kier molecular flexibility index (Phi) is 17.0. The average Bonchev–Trinajstić information content (AvgIpc) is 2.85. The molecular weight excluding hydrogens is 498 g/mol. The minimum Gasteiger partial charge on any atom is -0.480 e. The molecular formula is C23H45N9O6. The minimum absolute atomic E-state index is 0.0539. The minimum atomic E-state index is -1.26. The first kappa shape index (κ1) is 34.5. The maximum absolute atomic E-state index is 13.1. The molecule has 0 bridgehead atoms. The van der Waals surface area contributed by atoms with E-state index in [0.29, 0.717) is 38.6 Å². The number of primary amides is 1. The maximum Gasteiger partial charge on any atom is 0.326 e. The van der Waals surface area contributed by atoms with Crippen LogP contribution in [0.5, 0.6) is 0 Å². The summed E-state index contributed by atoms with van der Waals surface area (Å²) in [6, 6.07) is -4.44. The van der Waals surface area contributed by atoms with Crippen LogP contribution >= 0.6 is 0 Å². The quantitative estimate of drug-likeness (QED) is 0.0436. The SMILES string of the molecule is CCC(C)C(NC(=O)C(CCC(N)=O)NC(=O)C(N)CCCCN)C(=O)NC(CCCN=C(N)N)C(=O)O. The number of hydrogen-bond acceptors (Lipinski definition) is 8. The van der Waals surface area contributed by atoms with Gasteiger partial charge in [0, 0.05) is 13.0 Å². The highest BCUT2D eigenvalue weighted by molar-refractivity contribution is 5.94. The van der Waals surface area contributed by atoms with Crippen LogP contribution in [0.4, 0.5) is 0 Å². The second-order valence-corrected chi connectivity index (χ2v) is 9.18. The van der Waals surface area contributed by atoms with Crippen molar-refractivity contribution >= 4 is 35.6 Å². The molecule has 4 amide bonds. The molecule has 0 aromatic rings. The lowest BCUT2D eigenvalue weighted by Gasteiger charge is -2.28. The monoisotopic (exact) mass is 543 g/mol. The Bertz CT molecular complexity index is 819. The summed E-state index contributed by atoms with van der Waals surface area (Å²) in [4.78, 5) is 65.6. The molecule has 15 heteroatoms. The zero-order chi connectivity index (χ0) is 29.3. The number of carbonyl (C=O) groups is 5. The number of guanidine groups is 1. The van der Waals surface area contributed by atoms with E-state index in [2.05, 4.69) is 20.9 Å². The summed E-state index contributed by atoms with van der Waals surface area (Å²) in [6.07, 6.45) is 2.17. The Morgan fingerprint density at radius 1 is 0.842 bits per heavy atom. The zero-order valence-corrected chi connectivity index (χ0v) is 22.3. The van der Waals surface area contributed by atoms with Gasteiger partial charge in [-0.05, 0) is 44.6 Å². The molecule has 0 saturated carbocycles. The Hall–Kier alpha value is -3.46. The topological polar surface area (TPSA) is 284 Å². The normalized spacial score (nSPS) is 14.7. The van der Waals surface area contributed by atoms with Gasteiger partial charge in [0.15, 0.2) is 5.96 Å². The van der Waals surface area contributed by atoms with Gasteiger partial charge < -0.3 is 49.7 Å². The molecule has 5 unspecified atom stereocenters. The van der Waals surface area contributed by atoms with Crippen molar-refractivity contribution in [2.24, 2.45) is 39.6 Å². The van der Waals surface area contributed by atoms with Crippen molar-refractivity contribution in [3.05, 3.63) is 0 Å². The summed E-state index contributed by atoms with van der Waals surface area (Å²) in [5.41, 5.74) is 27.1. The van der Waals surface area contributed by atoms with Crippen LogP contribution in [-0.4, -0.2) is 77.9 Å². The molecule has 0 aliphatic carbocycles. The van der Waals surface area contributed by atoms with Crippen LogP contribution in [0.3, 0.4) is 0 Å². The van der Waals surface area contributed by atoms with E-state index in [4.69, 9.17) is 28.7 Å². The Balaban J connectivity index is 5.53. The molecule has 38 heavy (non-hydrogen) atoms. The molecule has 0 aromatic carbocycles. The summed E-state index contributed by atoms with van der Waals surface area (Å²) in [6.45, 7) is 4.15. The van der Waals surface area contributed by atoms with E-state index >= 15 is 0 Å². The molecule has 0 aromatic heterocycles. The van der Waals surface area contributed by atoms with E-state index in [1.165, 1.54) is 0 Å². The number of carboxylic acids is 1. The molecule has 0 spiro atoms. The Morgan fingerprint density at radius 3 is 2.00 bits per heavy atom. The molecule has 0 rings (SSSR count). The number of nitrogens with two attached hydrogens (primary N) is 5. The number of carboxylic acid groups (broad SMARTS) is 1. The highest BCUT2D eigenvalue weighted by Gasteiger charge is 2.32. The number of amides is 4. The lowest BCUT2D eigenvalue weighted by atomic mass is 9.96. The van der Waals surface area contributed by atoms with Gasteiger partial charge >= 0.3 is 5.97 Å². The molecule has 0 aliphatic rings. The number of carbonyl (C=O) groups excluding carboxylic acids is 4. The number of unbranched alkanes of at least 4 members (excludes halogenated alkanes) is 1. The van der Waals surface area contributed by atoms with Crippen molar-refractivity contribution in [2.45, 2.75) is 89.4 Å². The fourth-order valence-electron chi connectivity index (χ4n) is 3.45. The third kappa shape index (κ3) is 14.3. The largest absolute Gasteiger partial charge is 0.480 e. The highest BCUT2D eigenvalue weighted by Crippen LogP contribution is 2.11. The van der Waals surface area contributed by atoms with Gasteiger partial charge in [-0.25, -0.2) is 4.79 Å². The van der Waals surface area contributed by atoms with Crippen molar-refractivity contribution < 1.29 is 29.1 Å². The standard InChI is InChI=1S/C23H45N9O6/c1-3-13(2)18(21(36)31-16(22(37)38)8-6-12-29-23(27)28)32-20(35)15(9-10-17(26)33)30-19(34)14(25)7-4-5-11-24/h13-16,18H,3-12,24-25H2,1-2H3,(H2,26,33)(H,30,34)(H,31,36)(H,32,35)(H,37,38)(H4,27,28,29). The average molecular weight is 544 g/mol. The van der Waals surface area contributed by atoms with Gasteiger partial charge in [-0.2, -0.15) is 0 Å². The van der Waals surface area contributed by atoms with Crippen molar-refractivity contribution in [1.82, 2.24) is 16.0 Å². The van der Waals surface area contributed by atoms with Crippen LogP contribution < -0.4 is 44.6 Å². The summed E-state index contributed by atoms with van der Waals surface area (Å²) in [7, 11) is 0. The predicted octanol–water partition coefficient (Wildman–Crippen LogP) is -2.65. The van der Waals surface area contributed by atoms with Gasteiger partial charge in [0.1, 0.15) is 18.1 Å². The molecule has 14 N–H and O–H groups in total. The molecule has 0 fully saturated rings. The highest BCUT2D eigenvalue weighted by atomic mass is 16.4. The van der Waals surface area contributed by atoms with Crippen molar-refractivity contribution in [2.75, 3.05) is 13.1 Å². The molecule has 15 nitrogen and oxygen atoms in total. The summed E-state index contributed by atoms with van der Waals surface area (Å²) in [5, 5.41) is 17.1. The molecule has 5 atom stereocenters. The van der Waals surface area contributed by atoms with Crippen LogP contribution in [0.1, 0.15) is 65.2 Å². The maximum atomic E-state index is 13.1. The molecule has 0 saturated heterocycles. The van der Waals surface area contributed by atoms with E-state index < -0.39 is 53.8 Å².